The Morgan fingerprint density at radius 1 is 1.07 bits per heavy atom. The Labute approximate surface area is 169 Å². The zero-order chi connectivity index (χ0) is 20.4. The molecule has 7 heteroatoms. The lowest BCUT2D eigenvalue weighted by atomic mass is 10.1. The molecule has 2 N–H and O–H groups in total. The number of amides is 2. The molecule has 1 aliphatic rings. The average molecular weight is 389 g/mol. The van der Waals surface area contributed by atoms with E-state index in [1.807, 2.05) is 31.2 Å². The number of hydrogen-bond acceptors (Lipinski definition) is 5. The first kappa shape index (κ1) is 18.9. The van der Waals surface area contributed by atoms with Gasteiger partial charge in [-0.2, -0.15) is 5.10 Å². The van der Waals surface area contributed by atoms with Gasteiger partial charge >= 0.3 is 0 Å². The van der Waals surface area contributed by atoms with Gasteiger partial charge in [0.2, 0.25) is 0 Å². The molecule has 2 heterocycles. The molecule has 148 valence electrons. The minimum atomic E-state index is -0.194. The first-order valence-electron chi connectivity index (χ1n) is 9.74. The lowest BCUT2D eigenvalue weighted by molar-refractivity contribution is 0.0651. The first-order chi connectivity index (χ1) is 14.0. The topological polar surface area (TPSA) is 91.0 Å². The highest BCUT2D eigenvalue weighted by Crippen LogP contribution is 2.23. The number of anilines is 1. The largest absolute Gasteiger partial charge is 0.383 e. The quantitative estimate of drug-likeness (QED) is 0.602. The number of H-pyrrole nitrogens is 1. The van der Waals surface area contributed by atoms with Crippen LogP contribution in [0.4, 0.5) is 5.69 Å². The zero-order valence-corrected chi connectivity index (χ0v) is 16.5. The monoisotopic (exact) mass is 389 g/mol. The second-order valence-corrected chi connectivity index (χ2v) is 7.32. The summed E-state index contributed by atoms with van der Waals surface area (Å²) < 4.78 is 0. The van der Waals surface area contributed by atoms with Crippen LogP contribution in [0.15, 0.2) is 48.5 Å². The number of fused-ring (bicyclic) bond motifs is 1. The highest BCUT2D eigenvalue weighted by Gasteiger charge is 2.34. The Hall–Kier alpha value is -3.48. The maximum atomic E-state index is 12.4. The van der Waals surface area contributed by atoms with Gasteiger partial charge in [0, 0.05) is 23.8 Å². The van der Waals surface area contributed by atoms with Gasteiger partial charge in [-0.05, 0) is 51.0 Å². The third-order valence-electron chi connectivity index (χ3n) is 5.03. The van der Waals surface area contributed by atoms with Gasteiger partial charge in [-0.15, -0.1) is 0 Å². The molecule has 3 aromatic rings. The Morgan fingerprint density at radius 2 is 1.79 bits per heavy atom. The summed E-state index contributed by atoms with van der Waals surface area (Å²) in [6, 6.07) is 15.1. The second kappa shape index (κ2) is 7.87. The predicted octanol–water partition coefficient (Wildman–Crippen LogP) is 3.66. The van der Waals surface area contributed by atoms with Gasteiger partial charge in [0.1, 0.15) is 5.82 Å². The summed E-state index contributed by atoms with van der Waals surface area (Å²) in [4.78, 5) is 30.6. The Bertz CT molecular complexity index is 1020. The van der Waals surface area contributed by atoms with Gasteiger partial charge in [-0.1, -0.05) is 24.3 Å². The van der Waals surface area contributed by atoms with E-state index in [0.717, 1.165) is 29.9 Å². The number of aryl methyl sites for hydroxylation is 1. The molecule has 0 spiro atoms. The lowest BCUT2D eigenvalue weighted by Gasteiger charge is -2.18. The van der Waals surface area contributed by atoms with Crippen molar-refractivity contribution >= 4 is 17.5 Å². The summed E-state index contributed by atoms with van der Waals surface area (Å²) in [7, 11) is 0. The Morgan fingerprint density at radius 3 is 2.45 bits per heavy atom. The molecular formula is C22H23N5O2. The molecule has 2 aromatic carbocycles. The summed E-state index contributed by atoms with van der Waals surface area (Å²) in [6.07, 6.45) is 1.57. The van der Waals surface area contributed by atoms with Crippen molar-refractivity contribution < 1.29 is 9.59 Å². The van der Waals surface area contributed by atoms with Crippen molar-refractivity contribution in [3.8, 4) is 11.4 Å². The number of aromatic amines is 1. The van der Waals surface area contributed by atoms with Crippen LogP contribution in [0.2, 0.25) is 0 Å². The number of nitrogens with zero attached hydrogens (tertiary/aromatic N) is 3. The normalized spacial score (nSPS) is 14.2. The summed E-state index contributed by atoms with van der Waals surface area (Å²) in [5.74, 6) is 1.06. The smallest absolute Gasteiger partial charge is 0.261 e. The van der Waals surface area contributed by atoms with Crippen molar-refractivity contribution in [2.45, 2.75) is 32.7 Å². The van der Waals surface area contributed by atoms with E-state index in [1.165, 1.54) is 4.90 Å². The highest BCUT2D eigenvalue weighted by molar-refractivity contribution is 6.21. The highest BCUT2D eigenvalue weighted by atomic mass is 16.2. The van der Waals surface area contributed by atoms with Gasteiger partial charge in [-0.25, -0.2) is 4.98 Å². The van der Waals surface area contributed by atoms with Gasteiger partial charge in [-0.3, -0.25) is 19.6 Å². The van der Waals surface area contributed by atoms with Gasteiger partial charge in [0.05, 0.1) is 11.1 Å². The molecule has 29 heavy (non-hydrogen) atoms. The van der Waals surface area contributed by atoms with Crippen molar-refractivity contribution in [1.82, 2.24) is 20.1 Å². The average Bonchev–Trinajstić information content (AvgIpc) is 3.26. The van der Waals surface area contributed by atoms with E-state index in [9.17, 15) is 9.59 Å². The van der Waals surface area contributed by atoms with E-state index in [-0.39, 0.29) is 17.9 Å². The van der Waals surface area contributed by atoms with Gasteiger partial charge in [0.25, 0.3) is 11.8 Å². The summed E-state index contributed by atoms with van der Waals surface area (Å²) in [6.45, 7) is 4.38. The molecule has 0 bridgehead atoms. The van der Waals surface area contributed by atoms with Crippen LogP contribution >= 0.6 is 0 Å². The van der Waals surface area contributed by atoms with Crippen LogP contribution < -0.4 is 5.32 Å². The molecule has 1 unspecified atom stereocenters. The van der Waals surface area contributed by atoms with Crippen LogP contribution in [0.25, 0.3) is 11.4 Å². The molecule has 0 radical (unpaired) electrons. The molecule has 0 saturated heterocycles. The van der Waals surface area contributed by atoms with Crippen LogP contribution in [0, 0.1) is 6.92 Å². The standard InChI is InChI=1S/C22H23N5O2/c1-14(23-17-9-5-8-16(13-17)20-24-15(2)25-26-20)7-6-12-27-21(28)18-10-3-4-11-19(18)22(27)29/h3-5,8-11,13-14,23H,6-7,12H2,1-2H3,(H,24,25,26). The molecule has 7 nitrogen and oxygen atoms in total. The van der Waals surface area contributed by atoms with Crippen molar-refractivity contribution in [2.75, 3.05) is 11.9 Å². The van der Waals surface area contributed by atoms with E-state index in [4.69, 9.17) is 0 Å². The number of rotatable bonds is 7. The molecule has 1 atom stereocenters. The third kappa shape index (κ3) is 3.89. The summed E-state index contributed by atoms with van der Waals surface area (Å²) >= 11 is 0. The van der Waals surface area contributed by atoms with Crippen LogP contribution in [0.5, 0.6) is 0 Å². The van der Waals surface area contributed by atoms with Crippen LogP contribution in [0.3, 0.4) is 0 Å². The minimum absolute atomic E-state index is 0.189. The van der Waals surface area contributed by atoms with Gasteiger partial charge < -0.3 is 5.32 Å². The third-order valence-corrected chi connectivity index (χ3v) is 5.03. The Balaban J connectivity index is 1.32. The minimum Gasteiger partial charge on any atom is -0.383 e. The summed E-state index contributed by atoms with van der Waals surface area (Å²) in [5.41, 5.74) is 2.93. The van der Waals surface area contributed by atoms with E-state index >= 15 is 0 Å². The fourth-order valence-electron chi connectivity index (χ4n) is 3.57. The van der Waals surface area contributed by atoms with E-state index in [1.54, 1.807) is 24.3 Å². The second-order valence-electron chi connectivity index (χ2n) is 7.32. The van der Waals surface area contributed by atoms with Crippen molar-refractivity contribution in [2.24, 2.45) is 0 Å². The molecule has 0 fully saturated rings. The maximum absolute atomic E-state index is 12.4. The predicted molar refractivity (Wildman–Crippen MR) is 111 cm³/mol. The number of hydrogen-bond donors (Lipinski definition) is 2. The SMILES string of the molecule is Cc1nc(-c2cccc(NC(C)CCCN3C(=O)c4ccccc4C3=O)c2)n[nH]1. The number of imide groups is 1. The van der Waals surface area contributed by atoms with Crippen LogP contribution in [-0.4, -0.2) is 44.5 Å². The van der Waals surface area contributed by atoms with E-state index in [2.05, 4.69) is 27.4 Å². The summed E-state index contributed by atoms with van der Waals surface area (Å²) in [5, 5.41) is 10.5. The van der Waals surface area contributed by atoms with Crippen molar-refractivity contribution in [3.63, 3.8) is 0 Å². The number of carbonyl (C=O) groups is 2. The molecular weight excluding hydrogens is 366 g/mol. The zero-order valence-electron chi connectivity index (χ0n) is 16.5. The number of carbonyl (C=O) groups excluding carboxylic acids is 2. The fourth-order valence-corrected chi connectivity index (χ4v) is 3.57. The fraction of sp³-hybridized carbons (Fsp3) is 0.273. The first-order valence-corrected chi connectivity index (χ1v) is 9.74. The molecule has 1 aromatic heterocycles. The number of nitrogens with one attached hydrogen (secondary N) is 2. The van der Waals surface area contributed by atoms with Crippen molar-refractivity contribution in [3.05, 3.63) is 65.5 Å². The molecule has 2 amide bonds. The van der Waals surface area contributed by atoms with Crippen LogP contribution in [0.1, 0.15) is 46.3 Å². The van der Waals surface area contributed by atoms with Gasteiger partial charge in [0.15, 0.2) is 5.82 Å². The molecule has 4 rings (SSSR count). The number of benzene rings is 2. The molecule has 1 aliphatic heterocycles. The lowest BCUT2D eigenvalue weighted by Crippen LogP contribution is -2.31. The van der Waals surface area contributed by atoms with Crippen LogP contribution in [-0.2, 0) is 0 Å². The van der Waals surface area contributed by atoms with E-state index in [0.29, 0.717) is 23.5 Å². The number of aromatic nitrogens is 3. The van der Waals surface area contributed by atoms with Crippen molar-refractivity contribution in [1.29, 1.82) is 0 Å². The molecule has 0 saturated carbocycles. The Kier molecular flexibility index (Phi) is 5.12. The molecule has 0 aliphatic carbocycles. The van der Waals surface area contributed by atoms with E-state index < -0.39 is 0 Å². The maximum Gasteiger partial charge on any atom is 0.261 e.